The number of hydrogen-bond acceptors (Lipinski definition) is 4. The van der Waals surface area contributed by atoms with Gasteiger partial charge >= 0.3 is 11.9 Å². The predicted octanol–water partition coefficient (Wildman–Crippen LogP) is 9.77. The fraction of sp³-hybridized carbons (Fsp3) is 0.0204. The quantitative estimate of drug-likeness (QED) is 0.0216. The minimum absolute atomic E-state index is 0.00958. The summed E-state index contributed by atoms with van der Waals surface area (Å²) >= 11 is 0. The van der Waals surface area contributed by atoms with Gasteiger partial charge in [0.25, 0.3) is 5.69 Å². The van der Waals surface area contributed by atoms with E-state index in [1.165, 1.54) is 24.3 Å². The Hall–Kier alpha value is -8.78. The molecule has 0 saturated heterocycles. The summed E-state index contributed by atoms with van der Waals surface area (Å²) in [6, 6.07) is 23.7. The molecule has 0 bridgehead atoms. The van der Waals surface area contributed by atoms with Crippen molar-refractivity contribution >= 4 is 56.5 Å². The lowest BCUT2D eigenvalue weighted by Gasteiger charge is -2.44. The van der Waals surface area contributed by atoms with Gasteiger partial charge in [0.05, 0.1) is 10.9 Å². The van der Waals surface area contributed by atoms with Crippen LogP contribution in [0, 0.1) is 116 Å². The van der Waals surface area contributed by atoms with Crippen LogP contribution in [-0.4, -0.2) is 29.0 Å². The maximum Gasteiger partial charge on any atom is 0.409 e. The highest BCUT2D eigenvalue weighted by Gasteiger charge is 2.52. The summed E-state index contributed by atoms with van der Waals surface area (Å²) in [4.78, 5) is 37.1. The summed E-state index contributed by atoms with van der Waals surface area (Å²) in [6.07, 6.45) is -5.54. The molecule has 0 aliphatic rings. The van der Waals surface area contributed by atoms with Crippen molar-refractivity contribution in [3.8, 4) is 5.75 Å². The Morgan fingerprint density at radius 3 is 1.13 bits per heavy atom. The summed E-state index contributed by atoms with van der Waals surface area (Å²) < 4.78 is 301. The number of carbonyl (C=O) groups is 3. The second kappa shape index (κ2) is 20.9. The van der Waals surface area contributed by atoms with Gasteiger partial charge in [-0.1, -0.05) is 54.6 Å². The van der Waals surface area contributed by atoms with Crippen LogP contribution in [0.4, 0.5) is 87.8 Å². The lowest BCUT2D eigenvalue weighted by molar-refractivity contribution is -0.684. The van der Waals surface area contributed by atoms with Gasteiger partial charge in [-0.2, -0.15) is 4.57 Å². The van der Waals surface area contributed by atoms with Crippen LogP contribution in [0.2, 0.25) is 0 Å². The first-order valence-electron chi connectivity index (χ1n) is 20.5. The number of benzene rings is 7. The Morgan fingerprint density at radius 2 is 0.750 bits per heavy atom. The molecule has 27 heteroatoms. The van der Waals surface area contributed by atoms with Gasteiger partial charge in [0, 0.05) is 11.6 Å². The molecule has 76 heavy (non-hydrogen) atoms. The van der Waals surface area contributed by atoms with Crippen molar-refractivity contribution in [2.75, 3.05) is 0 Å². The van der Waals surface area contributed by atoms with Crippen molar-refractivity contribution < 1.29 is 117 Å². The van der Waals surface area contributed by atoms with Crippen molar-refractivity contribution in [3.63, 3.8) is 0 Å². The molecule has 8 aromatic rings. The molecule has 0 saturated carbocycles. The van der Waals surface area contributed by atoms with Crippen LogP contribution in [0.15, 0.2) is 91.1 Å². The van der Waals surface area contributed by atoms with Gasteiger partial charge in [0.15, 0.2) is 76.0 Å². The maximum absolute atomic E-state index is 15.4. The second-order valence-electron chi connectivity index (χ2n) is 15.7. The largest absolute Gasteiger partial charge is 0.478 e. The number of hydrogen-bond donors (Lipinski definition) is 1. The van der Waals surface area contributed by atoms with E-state index in [9.17, 15) is 72.2 Å². The number of Topliss-reactive ketones (excluding diaryl/α,β-unsaturated/α-hetero) is 1. The molecular formula is C49H18BF20NO5. The zero-order valence-corrected chi connectivity index (χ0v) is 36.5. The van der Waals surface area contributed by atoms with Gasteiger partial charge < -0.3 is 9.84 Å². The first kappa shape index (κ1) is 55.0. The normalized spacial score (nSPS) is 11.4. The van der Waals surface area contributed by atoms with E-state index in [4.69, 9.17) is 4.74 Å². The molecule has 0 radical (unpaired) electrons. The minimum Gasteiger partial charge on any atom is -0.478 e. The molecular weight excluding hydrogens is 1070 g/mol. The number of esters is 1. The molecule has 1 N–H and O–H groups in total. The van der Waals surface area contributed by atoms with Gasteiger partial charge in [-0.05, 0) is 29.7 Å². The molecule has 0 atom stereocenters. The van der Waals surface area contributed by atoms with Crippen molar-refractivity contribution in [2.45, 2.75) is 6.54 Å². The summed E-state index contributed by atoms with van der Waals surface area (Å²) in [7, 11) is 0. The first-order chi connectivity index (χ1) is 35.7. The number of halogens is 20. The Labute approximate surface area is 409 Å². The summed E-state index contributed by atoms with van der Waals surface area (Å²) in [5, 5.41) is 10.6. The van der Waals surface area contributed by atoms with E-state index in [2.05, 4.69) is 0 Å². The molecule has 6 nitrogen and oxygen atoms in total. The Morgan fingerprint density at radius 1 is 0.408 bits per heavy atom. The highest BCUT2D eigenvalue weighted by molar-refractivity contribution is 7.20. The van der Waals surface area contributed by atoms with Crippen LogP contribution >= 0.6 is 0 Å². The molecule has 0 aliphatic heterocycles. The van der Waals surface area contributed by atoms with Crippen LogP contribution in [-0.2, 0) is 6.54 Å². The predicted molar refractivity (Wildman–Crippen MR) is 222 cm³/mol. The van der Waals surface area contributed by atoms with Crippen LogP contribution in [0.3, 0.4) is 0 Å². The van der Waals surface area contributed by atoms with E-state index < -0.39 is 156 Å². The molecule has 8 rings (SSSR count). The standard InChI is InChI=1S/C25H17NO5.C24BF20/c27-22(18-8-2-1-3-9-18)16-26-14-13-17-7-4-5-12-21(17)23(26)25(30)31-20-11-6-10-19(15-20)24(28)29;26-5-1(6(27)14(35)21(42)13(5)34)25(2-7(28)15(36)22(43)16(37)8(2)29,3-9(30)17(38)23(44)18(39)10(3)31)4-11(32)19(40)24(45)20(41)12(4)33/h1-15H,16H2;/q;-1/p+1. The number of aromatic carboxylic acids is 1. The molecule has 0 aliphatic carbocycles. The molecule has 0 unspecified atom stereocenters. The van der Waals surface area contributed by atoms with E-state index >= 15 is 35.1 Å². The summed E-state index contributed by atoms with van der Waals surface area (Å²) in [6.45, 7) is -0.0472. The number of carboxylic acid groups (broad SMARTS) is 1. The zero-order valence-electron chi connectivity index (χ0n) is 36.5. The van der Waals surface area contributed by atoms with Gasteiger partial charge in [0.1, 0.15) is 58.4 Å². The fourth-order valence-corrected chi connectivity index (χ4v) is 8.21. The maximum atomic E-state index is 15.4. The van der Waals surface area contributed by atoms with Crippen LogP contribution < -0.4 is 31.2 Å². The molecule has 7 aromatic carbocycles. The second-order valence-corrected chi connectivity index (χ2v) is 15.7. The molecule has 0 amide bonds. The lowest BCUT2D eigenvalue weighted by Crippen LogP contribution is -2.81. The topological polar surface area (TPSA) is 84.6 Å². The number of carbonyl (C=O) groups excluding carboxylic acids is 2. The lowest BCUT2D eigenvalue weighted by atomic mass is 9.12. The minimum atomic E-state index is -7.22. The van der Waals surface area contributed by atoms with Crippen LogP contribution in [0.25, 0.3) is 10.8 Å². The molecule has 1 aromatic heterocycles. The SMILES string of the molecule is Fc1c(F)c(F)c([B-](c2c(F)c(F)c(F)c(F)c2F)(c2c(F)c(F)c(F)c(F)c2F)c2c(F)c(F)c(F)c(F)c2F)c(F)c1F.O=C(O)c1cccc(OC(=O)c2c3ccccc3cc[n+]2CC(=O)c2ccccc2)c1. The average molecular weight is 1090 g/mol. The number of carboxylic acids is 1. The van der Waals surface area contributed by atoms with E-state index in [1.807, 2.05) is 24.3 Å². The van der Waals surface area contributed by atoms with E-state index in [-0.39, 0.29) is 29.3 Å². The number of pyridine rings is 1. The monoisotopic (exact) mass is 1090 g/mol. The van der Waals surface area contributed by atoms with Gasteiger partial charge in [-0.3, -0.25) is 4.79 Å². The summed E-state index contributed by atoms with van der Waals surface area (Å²) in [5.74, 6) is -73.2. The van der Waals surface area contributed by atoms with Crippen molar-refractivity contribution in [1.82, 2.24) is 0 Å². The molecule has 1 heterocycles. The van der Waals surface area contributed by atoms with E-state index in [0.717, 1.165) is 5.39 Å². The van der Waals surface area contributed by atoms with Crippen molar-refractivity contribution in [3.05, 3.63) is 224 Å². The Balaban J connectivity index is 0.000000236. The Kier molecular flexibility index (Phi) is 15.1. The zero-order chi connectivity index (χ0) is 56.2. The number of fused-ring (bicyclic) bond motifs is 1. The third kappa shape index (κ3) is 8.97. The molecule has 0 spiro atoms. The molecule has 0 fully saturated rings. The smallest absolute Gasteiger partial charge is 0.409 e. The van der Waals surface area contributed by atoms with Crippen LogP contribution in [0.5, 0.6) is 5.75 Å². The number of rotatable bonds is 10. The van der Waals surface area contributed by atoms with E-state index in [0.29, 0.717) is 10.9 Å². The summed E-state index contributed by atoms with van der Waals surface area (Å²) in [5.41, 5.74) is -13.6. The van der Waals surface area contributed by atoms with Crippen LogP contribution in [0.1, 0.15) is 31.2 Å². The van der Waals surface area contributed by atoms with Crippen molar-refractivity contribution in [2.24, 2.45) is 0 Å². The van der Waals surface area contributed by atoms with Gasteiger partial charge in [-0.15, -0.1) is 21.9 Å². The third-order valence-electron chi connectivity index (χ3n) is 11.5. The average Bonchev–Trinajstić information content (AvgIpc) is 3.58. The molecule has 392 valence electrons. The highest BCUT2D eigenvalue weighted by Crippen LogP contribution is 2.31. The number of ether oxygens (including phenoxy) is 1. The third-order valence-corrected chi connectivity index (χ3v) is 11.5. The van der Waals surface area contributed by atoms with Crippen molar-refractivity contribution in [1.29, 1.82) is 0 Å². The first-order valence-corrected chi connectivity index (χ1v) is 20.5. The number of ketones is 1. The number of nitrogens with zero attached hydrogens (tertiary/aromatic N) is 1. The highest BCUT2D eigenvalue weighted by atomic mass is 19.2. The van der Waals surface area contributed by atoms with E-state index in [1.54, 1.807) is 47.2 Å². The van der Waals surface area contributed by atoms with Gasteiger partial charge in [0.2, 0.25) is 12.3 Å². The van der Waals surface area contributed by atoms with Gasteiger partial charge in [-0.25, -0.2) is 97.4 Å². The Bertz CT molecular complexity index is 3370. The number of aromatic nitrogens is 1. The fourth-order valence-electron chi connectivity index (χ4n) is 8.21.